The minimum atomic E-state index is 0.868. The standard InChI is InChI=1S/C15H15BrOS/c1-3-11-4-7-13(8-5-11)18-15-9-6-12(17-2)10-14(15)16/h4-10H,3H2,1-2H3. The average molecular weight is 323 g/mol. The van der Waals surface area contributed by atoms with Crippen molar-refractivity contribution in [1.29, 1.82) is 0 Å². The van der Waals surface area contributed by atoms with Gasteiger partial charge in [-0.3, -0.25) is 0 Å². The molecule has 3 heteroatoms. The van der Waals surface area contributed by atoms with E-state index in [1.54, 1.807) is 18.9 Å². The first kappa shape index (κ1) is 13.5. The van der Waals surface area contributed by atoms with Crippen LogP contribution in [0.1, 0.15) is 12.5 Å². The fraction of sp³-hybridized carbons (Fsp3) is 0.200. The van der Waals surface area contributed by atoms with Crippen molar-refractivity contribution in [1.82, 2.24) is 0 Å². The fourth-order valence-electron chi connectivity index (χ4n) is 1.61. The summed E-state index contributed by atoms with van der Waals surface area (Å²) in [5, 5.41) is 0. The summed E-state index contributed by atoms with van der Waals surface area (Å²) < 4.78 is 6.25. The van der Waals surface area contributed by atoms with E-state index in [-0.39, 0.29) is 0 Å². The Balaban J connectivity index is 2.17. The van der Waals surface area contributed by atoms with Gasteiger partial charge in [0.15, 0.2) is 0 Å². The number of ether oxygens (including phenoxy) is 1. The Bertz CT molecular complexity index is 523. The molecule has 0 atom stereocenters. The van der Waals surface area contributed by atoms with Gasteiger partial charge < -0.3 is 4.74 Å². The topological polar surface area (TPSA) is 9.23 Å². The molecule has 0 aliphatic rings. The van der Waals surface area contributed by atoms with Crippen molar-refractivity contribution < 1.29 is 4.74 Å². The molecule has 2 rings (SSSR count). The average Bonchev–Trinajstić information content (AvgIpc) is 2.42. The van der Waals surface area contributed by atoms with Crippen LogP contribution in [0.15, 0.2) is 56.7 Å². The van der Waals surface area contributed by atoms with Gasteiger partial charge in [0.1, 0.15) is 5.75 Å². The highest BCUT2D eigenvalue weighted by Crippen LogP contribution is 2.35. The minimum Gasteiger partial charge on any atom is -0.497 e. The van der Waals surface area contributed by atoms with Gasteiger partial charge in [0.2, 0.25) is 0 Å². The zero-order valence-electron chi connectivity index (χ0n) is 10.4. The summed E-state index contributed by atoms with van der Waals surface area (Å²) in [7, 11) is 1.68. The van der Waals surface area contributed by atoms with Gasteiger partial charge in [-0.05, 0) is 58.2 Å². The Morgan fingerprint density at radius 2 is 1.83 bits per heavy atom. The summed E-state index contributed by atoms with van der Waals surface area (Å²) in [6.45, 7) is 2.17. The van der Waals surface area contributed by atoms with E-state index in [9.17, 15) is 0 Å². The van der Waals surface area contributed by atoms with E-state index in [0.717, 1.165) is 16.6 Å². The first-order chi connectivity index (χ1) is 8.72. The highest BCUT2D eigenvalue weighted by atomic mass is 79.9. The molecule has 0 spiro atoms. The number of rotatable bonds is 4. The second kappa shape index (κ2) is 6.30. The molecule has 94 valence electrons. The number of methoxy groups -OCH3 is 1. The zero-order chi connectivity index (χ0) is 13.0. The molecule has 0 aromatic heterocycles. The van der Waals surface area contributed by atoms with Crippen molar-refractivity contribution >= 4 is 27.7 Å². The summed E-state index contributed by atoms with van der Waals surface area (Å²) in [5.41, 5.74) is 1.37. The van der Waals surface area contributed by atoms with Crippen molar-refractivity contribution in [2.45, 2.75) is 23.1 Å². The van der Waals surface area contributed by atoms with Gasteiger partial charge in [0.05, 0.1) is 7.11 Å². The molecule has 0 fully saturated rings. The molecule has 0 saturated heterocycles. The molecular formula is C15H15BrOS. The van der Waals surface area contributed by atoms with Crippen molar-refractivity contribution in [3.8, 4) is 5.75 Å². The van der Waals surface area contributed by atoms with Gasteiger partial charge in [-0.15, -0.1) is 0 Å². The van der Waals surface area contributed by atoms with E-state index in [2.05, 4.69) is 53.2 Å². The maximum absolute atomic E-state index is 5.19. The summed E-state index contributed by atoms with van der Waals surface area (Å²) in [6.07, 6.45) is 1.08. The predicted molar refractivity (Wildman–Crippen MR) is 80.6 cm³/mol. The summed E-state index contributed by atoms with van der Waals surface area (Å²) >= 11 is 5.32. The number of aryl methyl sites for hydroxylation is 1. The van der Waals surface area contributed by atoms with Gasteiger partial charge in [0, 0.05) is 14.3 Å². The predicted octanol–water partition coefficient (Wildman–Crippen LogP) is 5.17. The Kier molecular flexibility index (Phi) is 4.72. The molecule has 0 heterocycles. The lowest BCUT2D eigenvalue weighted by molar-refractivity contribution is 0.414. The molecule has 0 aliphatic heterocycles. The van der Waals surface area contributed by atoms with Crippen LogP contribution < -0.4 is 4.74 Å². The first-order valence-electron chi connectivity index (χ1n) is 5.83. The second-order valence-corrected chi connectivity index (χ2v) is 5.87. The summed E-state index contributed by atoms with van der Waals surface area (Å²) in [6, 6.07) is 14.7. The van der Waals surface area contributed by atoms with Crippen LogP contribution in [-0.2, 0) is 6.42 Å². The first-order valence-corrected chi connectivity index (χ1v) is 7.44. The third-order valence-electron chi connectivity index (χ3n) is 2.70. The number of halogens is 1. The van der Waals surface area contributed by atoms with Crippen molar-refractivity contribution in [2.24, 2.45) is 0 Å². The maximum Gasteiger partial charge on any atom is 0.120 e. The van der Waals surface area contributed by atoms with E-state index in [1.165, 1.54) is 15.4 Å². The van der Waals surface area contributed by atoms with E-state index >= 15 is 0 Å². The molecule has 2 aromatic carbocycles. The van der Waals surface area contributed by atoms with Gasteiger partial charge >= 0.3 is 0 Å². The summed E-state index contributed by atoms with van der Waals surface area (Å²) in [4.78, 5) is 2.44. The van der Waals surface area contributed by atoms with Gasteiger partial charge in [-0.1, -0.05) is 30.8 Å². The largest absolute Gasteiger partial charge is 0.497 e. The number of benzene rings is 2. The molecule has 18 heavy (non-hydrogen) atoms. The minimum absolute atomic E-state index is 0.868. The molecule has 2 aromatic rings. The molecular weight excluding hydrogens is 308 g/mol. The van der Waals surface area contributed by atoms with E-state index in [1.807, 2.05) is 12.1 Å². The van der Waals surface area contributed by atoms with E-state index < -0.39 is 0 Å². The third-order valence-corrected chi connectivity index (χ3v) is 4.70. The molecule has 0 N–H and O–H groups in total. The lowest BCUT2D eigenvalue weighted by Gasteiger charge is -2.07. The van der Waals surface area contributed by atoms with Crippen LogP contribution >= 0.6 is 27.7 Å². The molecule has 0 aliphatic carbocycles. The molecule has 0 radical (unpaired) electrons. The normalized spacial score (nSPS) is 10.4. The van der Waals surface area contributed by atoms with Gasteiger partial charge in [-0.2, -0.15) is 0 Å². The lowest BCUT2D eigenvalue weighted by Crippen LogP contribution is -1.84. The molecule has 1 nitrogen and oxygen atoms in total. The van der Waals surface area contributed by atoms with Crippen LogP contribution in [0.3, 0.4) is 0 Å². The fourth-order valence-corrected chi connectivity index (χ4v) is 3.03. The van der Waals surface area contributed by atoms with Gasteiger partial charge in [0.25, 0.3) is 0 Å². The van der Waals surface area contributed by atoms with Gasteiger partial charge in [-0.25, -0.2) is 0 Å². The molecule has 0 bridgehead atoms. The van der Waals surface area contributed by atoms with Crippen LogP contribution in [0, 0.1) is 0 Å². The van der Waals surface area contributed by atoms with Crippen molar-refractivity contribution in [2.75, 3.05) is 7.11 Å². The highest BCUT2D eigenvalue weighted by Gasteiger charge is 2.04. The quantitative estimate of drug-likeness (QED) is 0.767. The number of hydrogen-bond donors (Lipinski definition) is 0. The van der Waals surface area contributed by atoms with Crippen molar-refractivity contribution in [3.05, 3.63) is 52.5 Å². The van der Waals surface area contributed by atoms with E-state index in [0.29, 0.717) is 0 Å². The SMILES string of the molecule is CCc1ccc(Sc2ccc(OC)cc2Br)cc1. The molecule has 0 amide bonds. The van der Waals surface area contributed by atoms with Crippen molar-refractivity contribution in [3.63, 3.8) is 0 Å². The lowest BCUT2D eigenvalue weighted by atomic mass is 10.2. The zero-order valence-corrected chi connectivity index (χ0v) is 12.8. The number of hydrogen-bond acceptors (Lipinski definition) is 2. The van der Waals surface area contributed by atoms with Crippen LogP contribution in [0.2, 0.25) is 0 Å². The molecule has 0 unspecified atom stereocenters. The van der Waals surface area contributed by atoms with Crippen LogP contribution in [0.5, 0.6) is 5.75 Å². The monoisotopic (exact) mass is 322 g/mol. The van der Waals surface area contributed by atoms with Crippen LogP contribution in [-0.4, -0.2) is 7.11 Å². The Morgan fingerprint density at radius 1 is 1.11 bits per heavy atom. The summed E-state index contributed by atoms with van der Waals surface area (Å²) in [5.74, 6) is 0.868. The Morgan fingerprint density at radius 3 is 2.39 bits per heavy atom. The van der Waals surface area contributed by atoms with E-state index in [4.69, 9.17) is 4.74 Å². The van der Waals surface area contributed by atoms with Crippen LogP contribution in [0.25, 0.3) is 0 Å². The Labute approximate surface area is 121 Å². The maximum atomic E-state index is 5.19. The second-order valence-electron chi connectivity index (χ2n) is 3.90. The Hall–Kier alpha value is -0.930. The molecule has 0 saturated carbocycles. The van der Waals surface area contributed by atoms with Crippen LogP contribution in [0.4, 0.5) is 0 Å². The smallest absolute Gasteiger partial charge is 0.120 e. The third kappa shape index (κ3) is 3.30. The highest BCUT2D eigenvalue weighted by molar-refractivity contribution is 9.10.